The fourth-order valence-electron chi connectivity index (χ4n) is 1.66. The number of hydrogen-bond donors (Lipinski definition) is 0. The Bertz CT molecular complexity index is 300. The SMILES string of the molecule is C1CO[C@H](c2nc(C3CC3)no2)C1. The van der Waals surface area contributed by atoms with Crippen molar-refractivity contribution in [2.45, 2.75) is 37.7 Å². The summed E-state index contributed by atoms with van der Waals surface area (Å²) in [5.74, 6) is 2.13. The van der Waals surface area contributed by atoms with E-state index in [0.29, 0.717) is 11.8 Å². The van der Waals surface area contributed by atoms with Crippen molar-refractivity contribution in [3.8, 4) is 0 Å². The van der Waals surface area contributed by atoms with Crippen LogP contribution in [0, 0.1) is 0 Å². The van der Waals surface area contributed by atoms with Crippen LogP contribution in [0.25, 0.3) is 0 Å². The third-order valence-electron chi connectivity index (χ3n) is 2.61. The Morgan fingerprint density at radius 3 is 2.85 bits per heavy atom. The number of rotatable bonds is 2. The smallest absolute Gasteiger partial charge is 0.255 e. The Labute approximate surface area is 76.3 Å². The van der Waals surface area contributed by atoms with Crippen molar-refractivity contribution in [2.24, 2.45) is 0 Å². The lowest BCUT2D eigenvalue weighted by molar-refractivity contribution is 0.0835. The second kappa shape index (κ2) is 2.80. The highest BCUT2D eigenvalue weighted by molar-refractivity contribution is 5.04. The third kappa shape index (κ3) is 1.35. The maximum Gasteiger partial charge on any atom is 0.255 e. The zero-order chi connectivity index (χ0) is 8.67. The summed E-state index contributed by atoms with van der Waals surface area (Å²) in [6, 6.07) is 0. The number of aromatic nitrogens is 2. The van der Waals surface area contributed by atoms with Crippen LogP contribution >= 0.6 is 0 Å². The molecule has 0 aromatic carbocycles. The van der Waals surface area contributed by atoms with E-state index in [1.54, 1.807) is 0 Å². The molecule has 13 heavy (non-hydrogen) atoms. The lowest BCUT2D eigenvalue weighted by Gasteiger charge is -2.00. The molecule has 2 aliphatic rings. The monoisotopic (exact) mass is 180 g/mol. The maximum absolute atomic E-state index is 5.46. The molecule has 2 fully saturated rings. The molecule has 1 aliphatic carbocycles. The summed E-state index contributed by atoms with van der Waals surface area (Å²) in [5, 5.41) is 3.96. The van der Waals surface area contributed by atoms with E-state index in [1.165, 1.54) is 12.8 Å². The van der Waals surface area contributed by atoms with Crippen molar-refractivity contribution in [2.75, 3.05) is 6.61 Å². The Morgan fingerprint density at radius 2 is 2.15 bits per heavy atom. The molecule has 4 heteroatoms. The highest BCUT2D eigenvalue weighted by Crippen LogP contribution is 2.39. The molecule has 1 aliphatic heterocycles. The van der Waals surface area contributed by atoms with E-state index in [-0.39, 0.29) is 6.10 Å². The summed E-state index contributed by atoms with van der Waals surface area (Å²) >= 11 is 0. The highest BCUT2D eigenvalue weighted by atomic mass is 16.5. The number of hydrogen-bond acceptors (Lipinski definition) is 4. The van der Waals surface area contributed by atoms with Gasteiger partial charge < -0.3 is 9.26 Å². The first-order chi connectivity index (χ1) is 6.43. The van der Waals surface area contributed by atoms with Crippen LogP contribution in [0.4, 0.5) is 0 Å². The fraction of sp³-hybridized carbons (Fsp3) is 0.778. The van der Waals surface area contributed by atoms with E-state index < -0.39 is 0 Å². The number of nitrogens with zero attached hydrogens (tertiary/aromatic N) is 2. The predicted octanol–water partition coefficient (Wildman–Crippen LogP) is 1.80. The molecule has 0 unspecified atom stereocenters. The molecule has 0 bridgehead atoms. The largest absolute Gasteiger partial charge is 0.368 e. The van der Waals surface area contributed by atoms with Crippen molar-refractivity contribution < 1.29 is 9.26 Å². The molecule has 1 aromatic rings. The molecule has 4 nitrogen and oxygen atoms in total. The van der Waals surface area contributed by atoms with Gasteiger partial charge in [0.2, 0.25) is 0 Å². The average Bonchev–Trinajstić information content (AvgIpc) is 2.72. The van der Waals surface area contributed by atoms with Gasteiger partial charge in [-0.2, -0.15) is 4.98 Å². The lowest BCUT2D eigenvalue weighted by Crippen LogP contribution is -1.95. The van der Waals surface area contributed by atoms with Crippen LogP contribution in [0.3, 0.4) is 0 Å². The molecule has 3 rings (SSSR count). The standard InChI is InChI=1S/C9H12N2O2/c1-2-7(12-5-1)9-10-8(11-13-9)6-3-4-6/h6-7H,1-5H2/t7-/m0/s1. The van der Waals surface area contributed by atoms with Gasteiger partial charge in [-0.15, -0.1) is 0 Å². The molecule has 0 N–H and O–H groups in total. The van der Waals surface area contributed by atoms with Crippen molar-refractivity contribution >= 4 is 0 Å². The van der Waals surface area contributed by atoms with Crippen molar-refractivity contribution in [1.82, 2.24) is 10.1 Å². The van der Waals surface area contributed by atoms with Crippen LogP contribution in [0.1, 0.15) is 49.4 Å². The minimum Gasteiger partial charge on any atom is -0.368 e. The van der Waals surface area contributed by atoms with Crippen LogP contribution in [0.15, 0.2) is 4.52 Å². The van der Waals surface area contributed by atoms with E-state index in [9.17, 15) is 0 Å². The Balaban J connectivity index is 1.79. The molecule has 2 heterocycles. The molecule has 1 saturated carbocycles. The maximum atomic E-state index is 5.46. The highest BCUT2D eigenvalue weighted by Gasteiger charge is 2.31. The van der Waals surface area contributed by atoms with E-state index in [1.807, 2.05) is 0 Å². The number of ether oxygens (including phenoxy) is 1. The second-order valence-corrected chi connectivity index (χ2v) is 3.77. The van der Waals surface area contributed by atoms with Gasteiger partial charge in [0.05, 0.1) is 0 Å². The first-order valence-electron chi connectivity index (χ1n) is 4.88. The van der Waals surface area contributed by atoms with Crippen LogP contribution in [0.2, 0.25) is 0 Å². The molecular formula is C9H12N2O2. The van der Waals surface area contributed by atoms with E-state index in [0.717, 1.165) is 25.3 Å². The first-order valence-corrected chi connectivity index (χ1v) is 4.88. The normalized spacial score (nSPS) is 28.2. The van der Waals surface area contributed by atoms with Crippen LogP contribution in [-0.2, 0) is 4.74 Å². The molecule has 0 radical (unpaired) electrons. The fourth-order valence-corrected chi connectivity index (χ4v) is 1.66. The summed E-state index contributed by atoms with van der Waals surface area (Å²) in [6.07, 6.45) is 4.62. The van der Waals surface area contributed by atoms with Gasteiger partial charge in [0, 0.05) is 12.5 Å². The van der Waals surface area contributed by atoms with Gasteiger partial charge in [0.25, 0.3) is 5.89 Å². The molecule has 0 amide bonds. The molecular weight excluding hydrogens is 168 g/mol. The minimum atomic E-state index is 0.0694. The van der Waals surface area contributed by atoms with Gasteiger partial charge in [0.15, 0.2) is 5.82 Å². The summed E-state index contributed by atoms with van der Waals surface area (Å²) in [5.41, 5.74) is 0. The molecule has 0 spiro atoms. The van der Waals surface area contributed by atoms with Gasteiger partial charge >= 0.3 is 0 Å². The molecule has 70 valence electrons. The average molecular weight is 180 g/mol. The minimum absolute atomic E-state index is 0.0694. The van der Waals surface area contributed by atoms with Gasteiger partial charge in [-0.3, -0.25) is 0 Å². The van der Waals surface area contributed by atoms with Crippen molar-refractivity contribution in [3.63, 3.8) is 0 Å². The zero-order valence-corrected chi connectivity index (χ0v) is 7.40. The predicted molar refractivity (Wildman–Crippen MR) is 44.2 cm³/mol. The van der Waals surface area contributed by atoms with E-state index >= 15 is 0 Å². The van der Waals surface area contributed by atoms with Crippen LogP contribution in [-0.4, -0.2) is 16.7 Å². The first kappa shape index (κ1) is 7.50. The van der Waals surface area contributed by atoms with Gasteiger partial charge in [0.1, 0.15) is 6.10 Å². The Kier molecular flexibility index (Phi) is 1.62. The summed E-state index contributed by atoms with van der Waals surface area (Å²) < 4.78 is 10.6. The quantitative estimate of drug-likeness (QED) is 0.696. The van der Waals surface area contributed by atoms with Crippen LogP contribution < -0.4 is 0 Å². The van der Waals surface area contributed by atoms with Gasteiger partial charge in [-0.25, -0.2) is 0 Å². The van der Waals surface area contributed by atoms with Crippen molar-refractivity contribution in [3.05, 3.63) is 11.7 Å². The topological polar surface area (TPSA) is 48.2 Å². The Hall–Kier alpha value is -0.900. The molecule has 1 saturated heterocycles. The molecule has 1 aromatic heterocycles. The summed E-state index contributed by atoms with van der Waals surface area (Å²) in [7, 11) is 0. The molecule has 1 atom stereocenters. The van der Waals surface area contributed by atoms with Crippen molar-refractivity contribution in [1.29, 1.82) is 0 Å². The Morgan fingerprint density at radius 1 is 1.23 bits per heavy atom. The third-order valence-corrected chi connectivity index (χ3v) is 2.61. The second-order valence-electron chi connectivity index (χ2n) is 3.77. The summed E-state index contributed by atoms with van der Waals surface area (Å²) in [4.78, 5) is 4.35. The van der Waals surface area contributed by atoms with Gasteiger partial charge in [-0.1, -0.05) is 5.16 Å². The van der Waals surface area contributed by atoms with Crippen LogP contribution in [0.5, 0.6) is 0 Å². The van der Waals surface area contributed by atoms with Gasteiger partial charge in [-0.05, 0) is 25.7 Å². The summed E-state index contributed by atoms with van der Waals surface area (Å²) in [6.45, 7) is 0.825. The lowest BCUT2D eigenvalue weighted by atomic mass is 10.2. The zero-order valence-electron chi connectivity index (χ0n) is 7.40. The van der Waals surface area contributed by atoms with E-state index in [2.05, 4.69) is 10.1 Å². The van der Waals surface area contributed by atoms with E-state index in [4.69, 9.17) is 9.26 Å².